The van der Waals surface area contributed by atoms with E-state index in [1.54, 1.807) is 24.3 Å². The van der Waals surface area contributed by atoms with Gasteiger partial charge in [-0.05, 0) is 44.5 Å². The molecule has 0 unspecified atom stereocenters. The summed E-state index contributed by atoms with van der Waals surface area (Å²) in [4.78, 5) is 12.0. The predicted octanol–water partition coefficient (Wildman–Crippen LogP) is 2.46. The second-order valence-electron chi connectivity index (χ2n) is 4.89. The Labute approximate surface area is 119 Å². The zero-order valence-corrected chi connectivity index (χ0v) is 12.3. The van der Waals surface area contributed by atoms with Gasteiger partial charge in [-0.25, -0.2) is 0 Å². The number of nitrogens with one attached hydrogen (secondary N) is 1. The van der Waals surface area contributed by atoms with Crippen molar-refractivity contribution < 1.29 is 9.53 Å². The summed E-state index contributed by atoms with van der Waals surface area (Å²) in [6, 6.07) is 7.07. The summed E-state index contributed by atoms with van der Waals surface area (Å²) >= 11 is 4.86. The summed E-state index contributed by atoms with van der Waals surface area (Å²) in [6.07, 6.45) is 0.850. The van der Waals surface area contributed by atoms with Gasteiger partial charge in [0, 0.05) is 11.3 Å². The summed E-state index contributed by atoms with van der Waals surface area (Å²) < 4.78 is 5.52. The first-order valence-corrected chi connectivity index (χ1v) is 6.58. The number of nitrogens with two attached hydrogens (primary N) is 1. The fourth-order valence-corrected chi connectivity index (χ4v) is 1.41. The molecule has 0 bridgehead atoms. The van der Waals surface area contributed by atoms with E-state index < -0.39 is 0 Å². The molecule has 0 heterocycles. The SMILES string of the molecule is CCC(C)(C)OCC(=O)Nc1ccc(C(N)=S)cc1. The third-order valence-electron chi connectivity index (χ3n) is 2.90. The molecule has 0 aliphatic rings. The van der Waals surface area contributed by atoms with Crippen molar-refractivity contribution >= 4 is 28.8 Å². The quantitative estimate of drug-likeness (QED) is 0.786. The van der Waals surface area contributed by atoms with Gasteiger partial charge < -0.3 is 15.8 Å². The van der Waals surface area contributed by atoms with Crippen LogP contribution in [0, 0.1) is 0 Å². The van der Waals surface area contributed by atoms with E-state index in [9.17, 15) is 4.79 Å². The number of amides is 1. The monoisotopic (exact) mass is 280 g/mol. The molecule has 104 valence electrons. The summed E-state index contributed by atoms with van der Waals surface area (Å²) in [6.45, 7) is 5.97. The van der Waals surface area contributed by atoms with Crippen LogP contribution < -0.4 is 11.1 Å². The molecule has 19 heavy (non-hydrogen) atoms. The second kappa shape index (κ2) is 6.63. The smallest absolute Gasteiger partial charge is 0.250 e. The zero-order valence-electron chi connectivity index (χ0n) is 11.5. The molecule has 0 saturated carbocycles. The average molecular weight is 280 g/mol. The van der Waals surface area contributed by atoms with Crippen LogP contribution in [0.2, 0.25) is 0 Å². The van der Waals surface area contributed by atoms with Crippen molar-refractivity contribution in [3.8, 4) is 0 Å². The Morgan fingerprint density at radius 1 is 1.37 bits per heavy atom. The minimum absolute atomic E-state index is 0.0396. The standard InChI is InChI=1S/C14H20N2O2S/c1-4-14(2,3)18-9-12(17)16-11-7-5-10(6-8-11)13(15)19/h5-8H,4,9H2,1-3H3,(H2,15,19)(H,16,17). The Balaban J connectivity index is 2.51. The molecule has 0 fully saturated rings. The Hall–Kier alpha value is -1.46. The molecule has 5 heteroatoms. The van der Waals surface area contributed by atoms with Crippen molar-refractivity contribution in [2.75, 3.05) is 11.9 Å². The van der Waals surface area contributed by atoms with Gasteiger partial charge in [-0.3, -0.25) is 4.79 Å². The summed E-state index contributed by atoms with van der Waals surface area (Å²) in [5, 5.41) is 2.76. The Bertz CT molecular complexity index is 455. The van der Waals surface area contributed by atoms with Crippen LogP contribution in [0.15, 0.2) is 24.3 Å². The molecule has 0 aliphatic heterocycles. The molecule has 3 N–H and O–H groups in total. The maximum absolute atomic E-state index is 11.7. The maximum Gasteiger partial charge on any atom is 0.250 e. The lowest BCUT2D eigenvalue weighted by atomic mass is 10.1. The number of ether oxygens (including phenoxy) is 1. The second-order valence-corrected chi connectivity index (χ2v) is 5.33. The molecule has 0 spiro atoms. The molecule has 0 atom stereocenters. The molecule has 1 amide bonds. The van der Waals surface area contributed by atoms with E-state index in [1.165, 1.54) is 0 Å². The number of anilines is 1. The van der Waals surface area contributed by atoms with Gasteiger partial charge in [-0.1, -0.05) is 19.1 Å². The normalized spacial score (nSPS) is 11.1. The van der Waals surface area contributed by atoms with Crippen molar-refractivity contribution in [2.24, 2.45) is 5.73 Å². The highest BCUT2D eigenvalue weighted by Crippen LogP contribution is 2.14. The predicted molar refractivity (Wildman–Crippen MR) is 81.3 cm³/mol. The lowest BCUT2D eigenvalue weighted by molar-refractivity contribution is -0.126. The van der Waals surface area contributed by atoms with Crippen LogP contribution in [0.5, 0.6) is 0 Å². The van der Waals surface area contributed by atoms with Gasteiger partial charge in [-0.2, -0.15) is 0 Å². The van der Waals surface area contributed by atoms with Crippen LogP contribution in [-0.4, -0.2) is 23.1 Å². The van der Waals surface area contributed by atoms with Gasteiger partial charge in [0.25, 0.3) is 0 Å². The average Bonchev–Trinajstić information content (AvgIpc) is 2.37. The minimum atomic E-state index is -0.285. The molecule has 0 radical (unpaired) electrons. The van der Waals surface area contributed by atoms with E-state index in [-0.39, 0.29) is 18.1 Å². The minimum Gasteiger partial charge on any atom is -0.389 e. The van der Waals surface area contributed by atoms with Crippen LogP contribution in [0.25, 0.3) is 0 Å². The largest absolute Gasteiger partial charge is 0.389 e. The first-order valence-electron chi connectivity index (χ1n) is 6.18. The van der Waals surface area contributed by atoms with Gasteiger partial charge in [0.15, 0.2) is 0 Å². The van der Waals surface area contributed by atoms with E-state index in [2.05, 4.69) is 5.32 Å². The fraction of sp³-hybridized carbons (Fsp3) is 0.429. The van der Waals surface area contributed by atoms with Crippen LogP contribution >= 0.6 is 12.2 Å². The van der Waals surface area contributed by atoms with Gasteiger partial charge in [0.2, 0.25) is 5.91 Å². The number of hydrogen-bond acceptors (Lipinski definition) is 3. The number of carbonyl (C=O) groups excluding carboxylic acids is 1. The first kappa shape index (κ1) is 15.6. The van der Waals surface area contributed by atoms with Gasteiger partial charge in [0.05, 0.1) is 5.60 Å². The number of benzene rings is 1. The topological polar surface area (TPSA) is 64.3 Å². The van der Waals surface area contributed by atoms with Crippen molar-refractivity contribution in [1.82, 2.24) is 0 Å². The van der Waals surface area contributed by atoms with Crippen LogP contribution in [0.3, 0.4) is 0 Å². The van der Waals surface area contributed by atoms with Gasteiger partial charge >= 0.3 is 0 Å². The van der Waals surface area contributed by atoms with Crippen LogP contribution in [0.1, 0.15) is 32.8 Å². The molecule has 0 saturated heterocycles. The van der Waals surface area contributed by atoms with Crippen LogP contribution in [0.4, 0.5) is 5.69 Å². The molecule has 1 aromatic carbocycles. The summed E-state index contributed by atoms with van der Waals surface area (Å²) in [5.41, 5.74) is 6.69. The highest BCUT2D eigenvalue weighted by atomic mass is 32.1. The maximum atomic E-state index is 11.7. The molecule has 1 rings (SSSR count). The van der Waals surface area contributed by atoms with E-state index in [4.69, 9.17) is 22.7 Å². The number of thiocarbonyl (C=S) groups is 1. The van der Waals surface area contributed by atoms with E-state index >= 15 is 0 Å². The Morgan fingerprint density at radius 3 is 2.42 bits per heavy atom. The third-order valence-corrected chi connectivity index (χ3v) is 3.13. The van der Waals surface area contributed by atoms with Gasteiger partial charge in [-0.15, -0.1) is 0 Å². The van der Waals surface area contributed by atoms with Crippen molar-refractivity contribution in [1.29, 1.82) is 0 Å². The molecular weight excluding hydrogens is 260 g/mol. The van der Waals surface area contributed by atoms with Crippen molar-refractivity contribution in [3.05, 3.63) is 29.8 Å². The Kier molecular flexibility index (Phi) is 5.44. The summed E-state index contributed by atoms with van der Waals surface area (Å²) in [7, 11) is 0. The lowest BCUT2D eigenvalue weighted by Crippen LogP contribution is -2.29. The number of hydrogen-bond donors (Lipinski definition) is 2. The van der Waals surface area contributed by atoms with Crippen molar-refractivity contribution in [2.45, 2.75) is 32.8 Å². The fourth-order valence-electron chi connectivity index (χ4n) is 1.28. The highest BCUT2D eigenvalue weighted by Gasteiger charge is 2.17. The summed E-state index contributed by atoms with van der Waals surface area (Å²) in [5.74, 6) is -0.176. The third kappa shape index (κ3) is 5.36. The Morgan fingerprint density at radius 2 is 1.95 bits per heavy atom. The molecule has 4 nitrogen and oxygen atoms in total. The van der Waals surface area contributed by atoms with E-state index in [1.807, 2.05) is 20.8 Å². The zero-order chi connectivity index (χ0) is 14.5. The molecule has 0 aromatic heterocycles. The lowest BCUT2D eigenvalue weighted by Gasteiger charge is -2.22. The van der Waals surface area contributed by atoms with Crippen LogP contribution in [-0.2, 0) is 9.53 Å². The van der Waals surface area contributed by atoms with Crippen molar-refractivity contribution in [3.63, 3.8) is 0 Å². The molecule has 0 aliphatic carbocycles. The highest BCUT2D eigenvalue weighted by molar-refractivity contribution is 7.80. The van der Waals surface area contributed by atoms with E-state index in [0.29, 0.717) is 10.7 Å². The van der Waals surface area contributed by atoms with E-state index in [0.717, 1.165) is 12.0 Å². The van der Waals surface area contributed by atoms with Gasteiger partial charge in [0.1, 0.15) is 11.6 Å². The number of rotatable bonds is 6. The molecular formula is C14H20N2O2S. The molecule has 1 aromatic rings. The number of carbonyl (C=O) groups is 1. The first-order chi connectivity index (χ1) is 8.84.